The standard InChI is InChI=1S/C11H22OS2/c1-6-9(2)14-13-8-7-10(12)11(3,4)5/h7-10,12H,6H2,1-5H3. The van der Waals surface area contributed by atoms with Gasteiger partial charge in [-0.2, -0.15) is 0 Å². The molecule has 14 heavy (non-hydrogen) atoms. The van der Waals surface area contributed by atoms with Crippen molar-refractivity contribution >= 4 is 21.6 Å². The third-order valence-electron chi connectivity index (χ3n) is 2.00. The molecule has 0 bridgehead atoms. The maximum Gasteiger partial charge on any atom is 0.0777 e. The maximum absolute atomic E-state index is 9.70. The molecule has 0 fully saturated rings. The molecular formula is C11H22OS2. The molecule has 0 rings (SSSR count). The highest BCUT2D eigenvalue weighted by molar-refractivity contribution is 8.78. The van der Waals surface area contributed by atoms with Gasteiger partial charge in [-0.25, -0.2) is 0 Å². The van der Waals surface area contributed by atoms with Crippen LogP contribution in [0.4, 0.5) is 0 Å². The van der Waals surface area contributed by atoms with Crippen LogP contribution in [0.1, 0.15) is 41.0 Å². The quantitative estimate of drug-likeness (QED) is 0.724. The summed E-state index contributed by atoms with van der Waals surface area (Å²) < 4.78 is 0. The molecule has 0 aromatic heterocycles. The molecule has 0 aliphatic carbocycles. The first-order valence-electron chi connectivity index (χ1n) is 5.04. The Morgan fingerprint density at radius 3 is 2.36 bits per heavy atom. The van der Waals surface area contributed by atoms with E-state index >= 15 is 0 Å². The highest BCUT2D eigenvalue weighted by Gasteiger charge is 2.18. The van der Waals surface area contributed by atoms with Crippen molar-refractivity contribution in [3.05, 3.63) is 11.5 Å². The van der Waals surface area contributed by atoms with Gasteiger partial charge in [-0.1, -0.05) is 56.2 Å². The molecule has 0 aliphatic rings. The van der Waals surface area contributed by atoms with Crippen LogP contribution < -0.4 is 0 Å². The van der Waals surface area contributed by atoms with Gasteiger partial charge in [0.2, 0.25) is 0 Å². The van der Waals surface area contributed by atoms with Crippen molar-refractivity contribution in [3.8, 4) is 0 Å². The Labute approximate surface area is 96.1 Å². The van der Waals surface area contributed by atoms with E-state index in [9.17, 15) is 5.11 Å². The third kappa shape index (κ3) is 6.80. The molecule has 1 N–H and O–H groups in total. The van der Waals surface area contributed by atoms with Crippen molar-refractivity contribution < 1.29 is 5.11 Å². The number of aliphatic hydroxyl groups is 1. The highest BCUT2D eigenvalue weighted by atomic mass is 33.1. The number of rotatable bonds is 5. The zero-order valence-corrected chi connectivity index (χ0v) is 11.4. The molecule has 0 heterocycles. The van der Waals surface area contributed by atoms with E-state index in [2.05, 4.69) is 13.8 Å². The van der Waals surface area contributed by atoms with Gasteiger partial charge in [0, 0.05) is 5.25 Å². The fourth-order valence-electron chi connectivity index (χ4n) is 0.590. The topological polar surface area (TPSA) is 20.2 Å². The number of hydrogen-bond donors (Lipinski definition) is 1. The minimum absolute atomic E-state index is 0.0574. The van der Waals surface area contributed by atoms with Crippen LogP contribution in [0.5, 0.6) is 0 Å². The van der Waals surface area contributed by atoms with E-state index in [4.69, 9.17) is 0 Å². The molecule has 0 spiro atoms. The van der Waals surface area contributed by atoms with Gasteiger partial charge in [-0.3, -0.25) is 0 Å². The fraction of sp³-hybridized carbons (Fsp3) is 0.818. The lowest BCUT2D eigenvalue weighted by atomic mass is 9.89. The zero-order valence-electron chi connectivity index (χ0n) is 9.78. The SMILES string of the molecule is CCC(C)SSC=CC(O)C(C)(C)C. The van der Waals surface area contributed by atoms with E-state index in [-0.39, 0.29) is 11.5 Å². The van der Waals surface area contributed by atoms with Gasteiger partial charge >= 0.3 is 0 Å². The molecule has 0 aliphatic heterocycles. The Balaban J connectivity index is 3.73. The molecule has 0 aromatic carbocycles. The van der Waals surface area contributed by atoms with E-state index in [1.165, 1.54) is 6.42 Å². The molecule has 0 saturated heterocycles. The average Bonchev–Trinajstić information content (AvgIpc) is 2.09. The lowest BCUT2D eigenvalue weighted by Gasteiger charge is -2.22. The molecule has 1 nitrogen and oxygen atoms in total. The van der Waals surface area contributed by atoms with Crippen LogP contribution in [0.2, 0.25) is 0 Å². The van der Waals surface area contributed by atoms with Gasteiger partial charge < -0.3 is 5.11 Å². The normalized spacial score (nSPS) is 17.3. The number of hydrogen-bond acceptors (Lipinski definition) is 3. The fourth-order valence-corrected chi connectivity index (χ4v) is 2.56. The van der Waals surface area contributed by atoms with Crippen LogP contribution >= 0.6 is 21.6 Å². The smallest absolute Gasteiger partial charge is 0.0777 e. The second kappa shape index (κ2) is 6.81. The van der Waals surface area contributed by atoms with Crippen molar-refractivity contribution in [2.75, 3.05) is 0 Å². The second-order valence-corrected chi connectivity index (χ2v) is 7.17. The Hall–Kier alpha value is 0.400. The first-order valence-corrected chi connectivity index (χ1v) is 7.32. The molecule has 84 valence electrons. The molecule has 0 aromatic rings. The van der Waals surface area contributed by atoms with E-state index in [1.54, 1.807) is 10.8 Å². The third-order valence-corrected chi connectivity index (χ3v) is 4.69. The van der Waals surface area contributed by atoms with Crippen LogP contribution in [-0.4, -0.2) is 16.5 Å². The number of aliphatic hydroxyl groups excluding tert-OH is 1. The zero-order chi connectivity index (χ0) is 11.2. The van der Waals surface area contributed by atoms with Crippen molar-refractivity contribution in [2.24, 2.45) is 5.41 Å². The van der Waals surface area contributed by atoms with Gasteiger partial charge in [0.25, 0.3) is 0 Å². The van der Waals surface area contributed by atoms with Crippen molar-refractivity contribution in [3.63, 3.8) is 0 Å². The summed E-state index contributed by atoms with van der Waals surface area (Å²) in [7, 11) is 3.55. The van der Waals surface area contributed by atoms with Gasteiger partial charge in [0.1, 0.15) is 0 Å². The molecular weight excluding hydrogens is 212 g/mol. The minimum Gasteiger partial charge on any atom is -0.388 e. The van der Waals surface area contributed by atoms with Crippen LogP contribution in [0.3, 0.4) is 0 Å². The first kappa shape index (κ1) is 14.4. The van der Waals surface area contributed by atoms with Gasteiger partial charge in [-0.15, -0.1) is 0 Å². The summed E-state index contributed by atoms with van der Waals surface area (Å²) >= 11 is 0. The maximum atomic E-state index is 9.70. The van der Waals surface area contributed by atoms with E-state index in [0.29, 0.717) is 5.25 Å². The Kier molecular flexibility index (Phi) is 7.00. The largest absolute Gasteiger partial charge is 0.388 e. The van der Waals surface area contributed by atoms with E-state index in [0.717, 1.165) is 0 Å². The minimum atomic E-state index is -0.354. The molecule has 2 atom stereocenters. The lowest BCUT2D eigenvalue weighted by Crippen LogP contribution is -2.23. The van der Waals surface area contributed by atoms with Gasteiger partial charge in [0.15, 0.2) is 0 Å². The summed E-state index contributed by atoms with van der Waals surface area (Å²) in [6, 6.07) is 0. The lowest BCUT2D eigenvalue weighted by molar-refractivity contribution is 0.106. The first-order chi connectivity index (χ1) is 6.38. The summed E-state index contributed by atoms with van der Waals surface area (Å²) in [5.74, 6) is 0. The summed E-state index contributed by atoms with van der Waals surface area (Å²) in [5, 5.41) is 12.4. The van der Waals surface area contributed by atoms with Crippen molar-refractivity contribution in [1.82, 2.24) is 0 Å². The summed E-state index contributed by atoms with van der Waals surface area (Å²) in [6.07, 6.45) is 2.71. The Morgan fingerprint density at radius 1 is 1.36 bits per heavy atom. The summed E-state index contributed by atoms with van der Waals surface area (Å²) in [6.45, 7) is 10.5. The molecule has 0 amide bonds. The average molecular weight is 234 g/mol. The monoisotopic (exact) mass is 234 g/mol. The van der Waals surface area contributed by atoms with Crippen LogP contribution in [0.15, 0.2) is 11.5 Å². The Bertz CT molecular complexity index is 173. The van der Waals surface area contributed by atoms with Crippen LogP contribution in [0.25, 0.3) is 0 Å². The predicted octanol–water partition coefficient (Wildman–Crippen LogP) is 4.09. The van der Waals surface area contributed by atoms with E-state index < -0.39 is 0 Å². The molecule has 2 unspecified atom stereocenters. The van der Waals surface area contributed by atoms with Crippen LogP contribution in [-0.2, 0) is 0 Å². The molecule has 0 radical (unpaired) electrons. The highest BCUT2D eigenvalue weighted by Crippen LogP contribution is 2.30. The van der Waals surface area contributed by atoms with Crippen molar-refractivity contribution in [2.45, 2.75) is 52.4 Å². The predicted molar refractivity (Wildman–Crippen MR) is 69.5 cm³/mol. The van der Waals surface area contributed by atoms with E-state index in [1.807, 2.05) is 43.0 Å². The summed E-state index contributed by atoms with van der Waals surface area (Å²) in [4.78, 5) is 0. The molecule has 3 heteroatoms. The van der Waals surface area contributed by atoms with Gasteiger partial charge in [-0.05, 0) is 23.3 Å². The van der Waals surface area contributed by atoms with Crippen LogP contribution in [0, 0.1) is 5.41 Å². The Morgan fingerprint density at radius 2 is 1.93 bits per heavy atom. The molecule has 0 saturated carbocycles. The second-order valence-electron chi connectivity index (χ2n) is 4.55. The van der Waals surface area contributed by atoms with Crippen molar-refractivity contribution in [1.29, 1.82) is 0 Å². The van der Waals surface area contributed by atoms with Gasteiger partial charge in [0.05, 0.1) is 6.10 Å². The summed E-state index contributed by atoms with van der Waals surface area (Å²) in [5.41, 5.74) is -0.0574.